The Labute approximate surface area is 190 Å². The van der Waals surface area contributed by atoms with Crippen molar-refractivity contribution in [3.63, 3.8) is 0 Å². The molecule has 0 aromatic carbocycles. The fraction of sp³-hybridized carbons (Fsp3) is 0.630. The standard InChI is InChI=1S/C27H37FO2/c1-18(8-6-14-26(3,4)30)23-12-13-24-20(9-7-15-27(23,24)5)10-11-21-16-22(29)17-25(28)19(21)2/h10-12,18,22,24-25,29-30H,2,7-9,13,15-17H2,1,3-5H3/b20-10+,21-11+/t18-,22-,24+,25+,27-/m1/s1/i3D3,4D3. The Morgan fingerprint density at radius 1 is 1.47 bits per heavy atom. The number of hydrogen-bond donors (Lipinski definition) is 2. The Kier molecular flexibility index (Phi) is 4.74. The van der Waals surface area contributed by atoms with Crippen molar-refractivity contribution in [3.05, 3.63) is 47.1 Å². The van der Waals surface area contributed by atoms with Crippen LogP contribution in [0.4, 0.5) is 4.39 Å². The van der Waals surface area contributed by atoms with Crippen molar-refractivity contribution in [1.82, 2.24) is 0 Å². The molecule has 3 aliphatic carbocycles. The smallest absolute Gasteiger partial charge is 0.127 e. The first kappa shape index (κ1) is 16.1. The molecular formula is C27H37FO2. The van der Waals surface area contributed by atoms with Crippen LogP contribution in [0, 0.1) is 29.1 Å². The van der Waals surface area contributed by atoms with Crippen LogP contribution in [0.3, 0.4) is 0 Å². The lowest BCUT2D eigenvalue weighted by Gasteiger charge is -2.42. The van der Waals surface area contributed by atoms with Crippen LogP contribution in [0.25, 0.3) is 0 Å². The van der Waals surface area contributed by atoms with Gasteiger partial charge in [-0.05, 0) is 74.2 Å². The minimum atomic E-state index is -3.16. The average molecular weight is 419 g/mol. The van der Waals surface area contributed by atoms with Crippen LogP contribution in [0.2, 0.25) is 0 Å². The summed E-state index contributed by atoms with van der Waals surface area (Å²) in [5, 5.41) is 20.3. The molecule has 5 atom stereocenters. The summed E-state index contributed by atoms with van der Waals surface area (Å²) >= 11 is 0. The van der Waals surface area contributed by atoms with E-state index in [0.717, 1.165) is 31.3 Å². The molecule has 0 saturated heterocycles. The molecule has 2 fully saturated rings. The second kappa shape index (κ2) is 8.85. The topological polar surface area (TPSA) is 40.5 Å². The van der Waals surface area contributed by atoms with Crippen molar-refractivity contribution in [2.75, 3.05) is 0 Å². The molecular weight excluding hydrogens is 375 g/mol. The summed E-state index contributed by atoms with van der Waals surface area (Å²) in [4.78, 5) is 0. The Balaban J connectivity index is 1.78. The van der Waals surface area contributed by atoms with Crippen molar-refractivity contribution in [2.45, 2.75) is 90.4 Å². The fourth-order valence-electron chi connectivity index (χ4n) is 5.49. The van der Waals surface area contributed by atoms with E-state index < -0.39 is 31.6 Å². The molecule has 2 nitrogen and oxygen atoms in total. The van der Waals surface area contributed by atoms with Crippen LogP contribution in [-0.2, 0) is 0 Å². The predicted octanol–water partition coefficient (Wildman–Crippen LogP) is 5.83. The van der Waals surface area contributed by atoms with Gasteiger partial charge in [-0.25, -0.2) is 4.39 Å². The maximum atomic E-state index is 14.1. The predicted molar refractivity (Wildman–Crippen MR) is 121 cm³/mol. The molecule has 30 heavy (non-hydrogen) atoms. The number of fused-ring (bicyclic) bond motifs is 1. The molecule has 0 unspecified atom stereocenters. The molecule has 2 saturated carbocycles. The van der Waals surface area contributed by atoms with Gasteiger partial charge < -0.3 is 10.2 Å². The molecule has 0 amide bonds. The van der Waals surface area contributed by atoms with Crippen LogP contribution >= 0.6 is 0 Å². The monoisotopic (exact) mass is 418 g/mol. The van der Waals surface area contributed by atoms with Gasteiger partial charge in [0.25, 0.3) is 0 Å². The van der Waals surface area contributed by atoms with Gasteiger partial charge in [-0.2, -0.15) is 0 Å². The molecule has 0 bridgehead atoms. The van der Waals surface area contributed by atoms with Crippen molar-refractivity contribution in [2.24, 2.45) is 17.3 Å². The maximum Gasteiger partial charge on any atom is 0.127 e. The lowest BCUT2D eigenvalue weighted by molar-refractivity contribution is 0.124. The van der Waals surface area contributed by atoms with E-state index in [1.165, 1.54) is 11.1 Å². The van der Waals surface area contributed by atoms with Crippen LogP contribution < -0.4 is 0 Å². The largest absolute Gasteiger partial charge is 0.393 e. The summed E-state index contributed by atoms with van der Waals surface area (Å²) in [6, 6.07) is 0. The number of hydrogen-bond acceptors (Lipinski definition) is 2. The molecule has 164 valence electrons. The lowest BCUT2D eigenvalue weighted by atomic mass is 9.62. The van der Waals surface area contributed by atoms with E-state index in [9.17, 15) is 14.6 Å². The zero-order chi connectivity index (χ0) is 27.1. The van der Waals surface area contributed by atoms with E-state index in [2.05, 4.69) is 37.5 Å². The first-order valence-electron chi connectivity index (χ1n) is 13.8. The molecule has 0 aromatic rings. The highest BCUT2D eigenvalue weighted by atomic mass is 19.1. The van der Waals surface area contributed by atoms with E-state index in [1.807, 2.05) is 13.0 Å². The molecule has 0 aliphatic heterocycles. The maximum absolute atomic E-state index is 14.1. The van der Waals surface area contributed by atoms with E-state index in [1.54, 1.807) is 0 Å². The third-order valence-electron chi connectivity index (χ3n) is 7.04. The summed E-state index contributed by atoms with van der Waals surface area (Å²) in [6.45, 7) is 1.78. The van der Waals surface area contributed by atoms with Crippen LogP contribution in [-0.4, -0.2) is 28.1 Å². The molecule has 0 spiro atoms. The summed E-state index contributed by atoms with van der Waals surface area (Å²) in [7, 11) is 0. The number of aliphatic hydroxyl groups is 2. The van der Waals surface area contributed by atoms with Gasteiger partial charge in [0.2, 0.25) is 0 Å². The van der Waals surface area contributed by atoms with E-state index in [4.69, 9.17) is 8.22 Å². The highest BCUT2D eigenvalue weighted by Crippen LogP contribution is 2.56. The lowest BCUT2D eigenvalue weighted by Crippen LogP contribution is -2.32. The number of halogens is 1. The Hall–Kier alpha value is -1.63. The van der Waals surface area contributed by atoms with Crippen LogP contribution in [0.5, 0.6) is 0 Å². The Bertz CT molecular complexity index is 1010. The molecule has 2 N–H and O–H groups in total. The van der Waals surface area contributed by atoms with Gasteiger partial charge in [0.05, 0.1) is 6.10 Å². The third-order valence-corrected chi connectivity index (χ3v) is 7.04. The first-order valence-corrected chi connectivity index (χ1v) is 10.8. The number of rotatable bonds is 3. The van der Waals surface area contributed by atoms with Gasteiger partial charge in [0.15, 0.2) is 0 Å². The highest BCUT2D eigenvalue weighted by molar-refractivity contribution is 5.40. The number of aliphatic hydroxyl groups excluding tert-OH is 1. The van der Waals surface area contributed by atoms with Crippen LogP contribution in [0.1, 0.15) is 80.7 Å². The molecule has 3 rings (SSSR count). The van der Waals surface area contributed by atoms with Crippen molar-refractivity contribution in [3.8, 4) is 11.8 Å². The fourth-order valence-corrected chi connectivity index (χ4v) is 5.49. The first-order chi connectivity index (χ1) is 16.5. The zero-order valence-electron chi connectivity index (χ0n) is 24.0. The Morgan fingerprint density at radius 2 is 2.23 bits per heavy atom. The van der Waals surface area contributed by atoms with Crippen molar-refractivity contribution < 1.29 is 22.8 Å². The van der Waals surface area contributed by atoms with Gasteiger partial charge in [-0.3, -0.25) is 0 Å². The van der Waals surface area contributed by atoms with Crippen molar-refractivity contribution >= 4 is 0 Å². The number of alkyl halides is 1. The summed E-state index contributed by atoms with van der Waals surface area (Å²) in [5.74, 6) is 5.07. The molecule has 3 heteroatoms. The zero-order valence-corrected chi connectivity index (χ0v) is 18.0. The summed E-state index contributed by atoms with van der Waals surface area (Å²) in [6.07, 6.45) is 8.79. The minimum Gasteiger partial charge on any atom is -0.393 e. The Morgan fingerprint density at radius 3 is 2.97 bits per heavy atom. The van der Waals surface area contributed by atoms with Gasteiger partial charge in [-0.15, -0.1) is 0 Å². The average Bonchev–Trinajstić information content (AvgIpc) is 3.11. The molecule has 0 radical (unpaired) electrons. The number of allylic oxidation sites excluding steroid dienone is 6. The van der Waals surface area contributed by atoms with E-state index in [0.29, 0.717) is 12.0 Å². The molecule has 0 aromatic heterocycles. The second-order valence-corrected chi connectivity index (χ2v) is 9.36. The van der Waals surface area contributed by atoms with Gasteiger partial charge in [-0.1, -0.05) is 61.6 Å². The third kappa shape index (κ3) is 4.98. The minimum absolute atomic E-state index is 0.0387. The summed E-state index contributed by atoms with van der Waals surface area (Å²) in [5.41, 5.74) is 0.518. The SMILES string of the molecule is [2H]C([2H])([2H])C(O)(C#CC[C@@H](C)C1=CC[C@H]2/C(=C/C=C3\C[C@@H](O)C[C@H](F)C3=C)CCC[C@]12C)C([2H])([2H])[2H]. The van der Waals surface area contributed by atoms with Gasteiger partial charge in [0, 0.05) is 21.1 Å². The van der Waals surface area contributed by atoms with E-state index >= 15 is 0 Å². The second-order valence-electron chi connectivity index (χ2n) is 9.36. The normalized spacial score (nSPS) is 39.4. The van der Waals surface area contributed by atoms with Gasteiger partial charge in [0.1, 0.15) is 11.8 Å². The van der Waals surface area contributed by atoms with E-state index in [-0.39, 0.29) is 30.1 Å². The quantitative estimate of drug-likeness (QED) is 0.447. The van der Waals surface area contributed by atoms with Crippen molar-refractivity contribution in [1.29, 1.82) is 0 Å². The molecule has 0 heterocycles. The van der Waals surface area contributed by atoms with Gasteiger partial charge >= 0.3 is 0 Å². The highest BCUT2D eigenvalue weighted by Gasteiger charge is 2.45. The molecule has 3 aliphatic rings. The summed E-state index contributed by atoms with van der Waals surface area (Å²) < 4.78 is 59.0. The van der Waals surface area contributed by atoms with Crippen LogP contribution in [0.15, 0.2) is 47.1 Å².